The lowest BCUT2D eigenvalue weighted by Crippen LogP contribution is -2.49. The molecular weight excluding hydrogens is 246 g/mol. The van der Waals surface area contributed by atoms with Crippen molar-refractivity contribution in [2.24, 2.45) is 5.92 Å². The smallest absolute Gasteiger partial charge is 0.232 e. The van der Waals surface area contributed by atoms with Gasteiger partial charge in [-0.15, -0.1) is 11.8 Å². The van der Waals surface area contributed by atoms with Crippen LogP contribution in [0.3, 0.4) is 0 Å². The van der Waals surface area contributed by atoms with Crippen molar-refractivity contribution >= 4 is 17.7 Å². The monoisotopic (exact) mass is 269 g/mol. The van der Waals surface area contributed by atoms with Gasteiger partial charge in [-0.25, -0.2) is 0 Å². The molecule has 0 aromatic carbocycles. The van der Waals surface area contributed by atoms with Crippen molar-refractivity contribution in [1.29, 1.82) is 5.26 Å². The predicted molar refractivity (Wildman–Crippen MR) is 75.4 cm³/mol. The van der Waals surface area contributed by atoms with Gasteiger partial charge in [-0.05, 0) is 31.7 Å². The highest BCUT2D eigenvalue weighted by atomic mass is 32.2. The lowest BCUT2D eigenvalue weighted by molar-refractivity contribution is -0.125. The highest BCUT2D eigenvalue weighted by Gasteiger charge is 2.45. The number of nitrogens with one attached hydrogen (secondary N) is 1. The number of thioether (sulfide) groups is 1. The van der Waals surface area contributed by atoms with Crippen LogP contribution in [0.25, 0.3) is 0 Å². The maximum Gasteiger partial charge on any atom is 0.232 e. The van der Waals surface area contributed by atoms with Crippen LogP contribution in [0.1, 0.15) is 26.2 Å². The number of hydrogen-bond acceptors (Lipinski definition) is 4. The third-order valence-corrected chi connectivity index (χ3v) is 4.33. The van der Waals surface area contributed by atoms with E-state index in [1.807, 2.05) is 0 Å². The molecule has 0 spiro atoms. The Labute approximate surface area is 114 Å². The Kier molecular flexibility index (Phi) is 5.97. The maximum absolute atomic E-state index is 11.5. The molecule has 0 aromatic rings. The van der Waals surface area contributed by atoms with Crippen LogP contribution >= 0.6 is 11.8 Å². The summed E-state index contributed by atoms with van der Waals surface area (Å²) in [5.74, 6) is 1.74. The minimum absolute atomic E-state index is 0.109. The van der Waals surface area contributed by atoms with Crippen molar-refractivity contribution in [3.63, 3.8) is 0 Å². The third kappa shape index (κ3) is 4.18. The van der Waals surface area contributed by atoms with Crippen LogP contribution in [0.15, 0.2) is 0 Å². The summed E-state index contributed by atoms with van der Waals surface area (Å²) in [7, 11) is 3.52. The first-order valence-corrected chi connectivity index (χ1v) is 7.65. The van der Waals surface area contributed by atoms with Crippen molar-refractivity contribution in [2.45, 2.75) is 31.7 Å². The minimum atomic E-state index is -0.423. The zero-order chi connectivity index (χ0) is 13.6. The first kappa shape index (κ1) is 15.3. The fraction of sp³-hybridized carbons (Fsp3) is 0.846. The van der Waals surface area contributed by atoms with Crippen molar-refractivity contribution in [1.82, 2.24) is 10.2 Å². The summed E-state index contributed by atoms with van der Waals surface area (Å²) in [5.41, 5.74) is -0.423. The van der Waals surface area contributed by atoms with Crippen molar-refractivity contribution in [3.05, 3.63) is 0 Å². The van der Waals surface area contributed by atoms with E-state index in [1.165, 1.54) is 0 Å². The molecule has 0 bridgehead atoms. The summed E-state index contributed by atoms with van der Waals surface area (Å²) < 4.78 is 0. The van der Waals surface area contributed by atoms with Crippen molar-refractivity contribution < 1.29 is 4.79 Å². The molecule has 1 atom stereocenters. The molecular formula is C13H23N3OS. The average molecular weight is 269 g/mol. The molecule has 0 aliphatic heterocycles. The van der Waals surface area contributed by atoms with E-state index in [1.54, 1.807) is 30.8 Å². The van der Waals surface area contributed by atoms with E-state index in [2.05, 4.69) is 18.3 Å². The number of carbonyl (C=O) groups is 1. The molecule has 1 N–H and O–H groups in total. The molecule has 18 heavy (non-hydrogen) atoms. The van der Waals surface area contributed by atoms with Crippen LogP contribution in [0.4, 0.5) is 0 Å². The molecule has 0 aromatic heterocycles. The molecule has 0 heterocycles. The van der Waals surface area contributed by atoms with E-state index in [4.69, 9.17) is 0 Å². The number of carbonyl (C=O) groups excluding carboxylic acids is 1. The molecule has 1 amide bonds. The molecule has 1 aliphatic rings. The standard InChI is InChI=1S/C13H23N3OS/c1-4-7-15-13(9-14,11-5-6-11)10-18-8-12(17)16(2)3/h11,15H,4-8,10H2,1-3H3. The topological polar surface area (TPSA) is 56.1 Å². The zero-order valence-corrected chi connectivity index (χ0v) is 12.3. The maximum atomic E-state index is 11.5. The summed E-state index contributed by atoms with van der Waals surface area (Å²) in [5, 5.41) is 12.9. The number of hydrogen-bond donors (Lipinski definition) is 1. The zero-order valence-electron chi connectivity index (χ0n) is 11.5. The van der Waals surface area contributed by atoms with Gasteiger partial charge in [0.05, 0.1) is 11.8 Å². The van der Waals surface area contributed by atoms with Gasteiger partial charge < -0.3 is 4.90 Å². The van der Waals surface area contributed by atoms with Crippen LogP contribution in [0, 0.1) is 17.2 Å². The Bertz CT molecular complexity index is 323. The van der Waals surface area contributed by atoms with Gasteiger partial charge in [-0.1, -0.05) is 6.92 Å². The van der Waals surface area contributed by atoms with Gasteiger partial charge in [-0.3, -0.25) is 10.1 Å². The summed E-state index contributed by atoms with van der Waals surface area (Å²) in [6.45, 7) is 2.97. The van der Waals surface area contributed by atoms with Crippen molar-refractivity contribution in [3.8, 4) is 6.07 Å². The number of amides is 1. The highest BCUT2D eigenvalue weighted by molar-refractivity contribution is 8.00. The number of nitriles is 1. The summed E-state index contributed by atoms with van der Waals surface area (Å²) in [4.78, 5) is 13.1. The number of nitrogens with zero attached hydrogens (tertiary/aromatic N) is 2. The largest absolute Gasteiger partial charge is 0.348 e. The van der Waals surface area contributed by atoms with Crippen LogP contribution in [0.2, 0.25) is 0 Å². The van der Waals surface area contributed by atoms with Gasteiger partial charge in [0.15, 0.2) is 0 Å². The van der Waals surface area contributed by atoms with Gasteiger partial charge in [0.25, 0.3) is 0 Å². The van der Waals surface area contributed by atoms with E-state index in [0.717, 1.165) is 25.8 Å². The van der Waals surface area contributed by atoms with Gasteiger partial charge in [0, 0.05) is 19.8 Å². The molecule has 0 saturated heterocycles. The molecule has 4 nitrogen and oxygen atoms in total. The third-order valence-electron chi connectivity index (χ3n) is 3.22. The Morgan fingerprint density at radius 1 is 1.56 bits per heavy atom. The van der Waals surface area contributed by atoms with Crippen LogP contribution in [-0.4, -0.2) is 48.5 Å². The normalized spacial score (nSPS) is 17.9. The Morgan fingerprint density at radius 2 is 2.22 bits per heavy atom. The second-order valence-electron chi connectivity index (χ2n) is 5.07. The molecule has 1 saturated carbocycles. The summed E-state index contributed by atoms with van der Waals surface area (Å²) >= 11 is 1.56. The quantitative estimate of drug-likeness (QED) is 0.725. The number of rotatable bonds is 8. The van der Waals surface area contributed by atoms with Crippen molar-refractivity contribution in [2.75, 3.05) is 32.1 Å². The Balaban J connectivity index is 2.46. The van der Waals surface area contributed by atoms with E-state index in [9.17, 15) is 10.1 Å². The molecule has 1 unspecified atom stereocenters. The average Bonchev–Trinajstić information content (AvgIpc) is 3.18. The molecule has 1 fully saturated rings. The highest BCUT2D eigenvalue weighted by Crippen LogP contribution is 2.41. The fourth-order valence-electron chi connectivity index (χ4n) is 1.83. The van der Waals surface area contributed by atoms with Gasteiger partial charge in [0.1, 0.15) is 5.54 Å². The first-order chi connectivity index (χ1) is 8.55. The molecule has 5 heteroatoms. The lowest BCUT2D eigenvalue weighted by Gasteiger charge is -2.27. The van der Waals surface area contributed by atoms with Gasteiger partial charge in [-0.2, -0.15) is 5.26 Å². The summed E-state index contributed by atoms with van der Waals surface area (Å²) in [6, 6.07) is 2.46. The van der Waals surface area contributed by atoms with Crippen LogP contribution < -0.4 is 5.32 Å². The van der Waals surface area contributed by atoms with E-state index >= 15 is 0 Å². The van der Waals surface area contributed by atoms with E-state index in [-0.39, 0.29) is 5.91 Å². The summed E-state index contributed by atoms with van der Waals surface area (Å²) in [6.07, 6.45) is 3.29. The van der Waals surface area contributed by atoms with Crippen LogP contribution in [0.5, 0.6) is 0 Å². The molecule has 102 valence electrons. The second-order valence-corrected chi connectivity index (χ2v) is 6.05. The van der Waals surface area contributed by atoms with Crippen LogP contribution in [-0.2, 0) is 4.79 Å². The molecule has 1 aliphatic carbocycles. The second kappa shape index (κ2) is 7.01. The first-order valence-electron chi connectivity index (χ1n) is 6.50. The molecule has 1 rings (SSSR count). The van der Waals surface area contributed by atoms with E-state index in [0.29, 0.717) is 17.4 Å². The fourth-order valence-corrected chi connectivity index (χ4v) is 3.09. The SMILES string of the molecule is CCCNC(C#N)(CSCC(=O)N(C)C)C1CC1. The Hall–Kier alpha value is -0.730. The lowest BCUT2D eigenvalue weighted by atomic mass is 9.97. The van der Waals surface area contributed by atoms with Gasteiger partial charge in [0.2, 0.25) is 5.91 Å². The molecule has 0 radical (unpaired) electrons. The van der Waals surface area contributed by atoms with E-state index < -0.39 is 5.54 Å². The minimum Gasteiger partial charge on any atom is -0.348 e. The van der Waals surface area contributed by atoms with Gasteiger partial charge >= 0.3 is 0 Å². The predicted octanol–water partition coefficient (Wildman–Crippen LogP) is 1.48. The Morgan fingerprint density at radius 3 is 2.67 bits per heavy atom.